The van der Waals surface area contributed by atoms with Gasteiger partial charge in [0, 0.05) is 0 Å². The Hall–Kier alpha value is 1.75. The minimum Gasteiger partial charge on any atom is -2.00 e. The Morgan fingerprint density at radius 1 is 0.600 bits per heavy atom. The van der Waals surface area contributed by atoms with Crippen molar-refractivity contribution >= 4 is 19.8 Å². The average molecular weight is 293 g/mol. The molecule has 0 N–H and O–H groups in total. The van der Waals surface area contributed by atoms with Crippen LogP contribution in [0.2, 0.25) is 0 Å². The van der Waals surface area contributed by atoms with E-state index in [0.29, 0.717) is 0 Å². The van der Waals surface area contributed by atoms with Gasteiger partial charge in [-0.2, -0.15) is 0 Å². The molecule has 0 aliphatic rings. The van der Waals surface area contributed by atoms with Crippen molar-refractivity contribution in [2.24, 2.45) is 0 Å². The summed E-state index contributed by atoms with van der Waals surface area (Å²) in [6.07, 6.45) is 0. The molecule has 0 rings (SSSR count). The van der Waals surface area contributed by atoms with Crippen LogP contribution in [0.25, 0.3) is 0 Å². The van der Waals surface area contributed by atoms with Gasteiger partial charge in [-0.05, 0) is 0 Å². The van der Waals surface area contributed by atoms with Crippen LogP contribution >= 0.6 is 0 Å². The topological polar surface area (TPSA) is 85.5 Å². The standard InChI is InChI=1S/Ga.Lu.3O/q2*+3;3*-2. The normalized spacial score (nSPS) is 0. The van der Waals surface area contributed by atoms with Crippen LogP contribution in [0.4, 0.5) is 0 Å². The fourth-order valence-electron chi connectivity index (χ4n) is 0. The maximum absolute atomic E-state index is 0. The van der Waals surface area contributed by atoms with E-state index in [9.17, 15) is 0 Å². The van der Waals surface area contributed by atoms with Crippen molar-refractivity contribution in [1.29, 1.82) is 0 Å². The fourth-order valence-corrected chi connectivity index (χ4v) is 0. The molecule has 5 heteroatoms. The van der Waals surface area contributed by atoms with Crippen LogP contribution in [-0.2, 0) is 16.4 Å². The molecule has 0 bridgehead atoms. The molecule has 36 valence electrons. The van der Waals surface area contributed by atoms with Crippen LogP contribution in [0.5, 0.6) is 0 Å². The molecule has 5 heavy (non-hydrogen) atoms. The molecule has 3 nitrogen and oxygen atoms in total. The van der Waals surface area contributed by atoms with E-state index in [2.05, 4.69) is 0 Å². The molecular weight excluding hydrogens is 293 g/mol. The SMILES string of the molecule is [Ga+3].[Lu+3].[O-2].[O-2].[O-2]. The van der Waals surface area contributed by atoms with Gasteiger partial charge in [0.1, 0.15) is 0 Å². The van der Waals surface area contributed by atoms with Gasteiger partial charge in [-0.15, -0.1) is 0 Å². The summed E-state index contributed by atoms with van der Waals surface area (Å²) in [5.74, 6) is 0. The van der Waals surface area contributed by atoms with Crippen LogP contribution < -0.4 is 0 Å². The van der Waals surface area contributed by atoms with Gasteiger partial charge in [0.2, 0.25) is 0 Å². The molecule has 0 radical (unpaired) electrons. The van der Waals surface area contributed by atoms with Crippen LogP contribution in [0.15, 0.2) is 0 Å². The second-order valence-corrected chi connectivity index (χ2v) is 0. The molecule has 0 amide bonds. The van der Waals surface area contributed by atoms with Gasteiger partial charge in [0.15, 0.2) is 0 Å². The van der Waals surface area contributed by atoms with Crippen LogP contribution in [0.3, 0.4) is 0 Å². The summed E-state index contributed by atoms with van der Waals surface area (Å²) in [7, 11) is 0. The molecule has 0 fully saturated rings. The Morgan fingerprint density at radius 3 is 0.600 bits per heavy atom. The van der Waals surface area contributed by atoms with E-state index in [-0.39, 0.29) is 73.1 Å². The first-order valence-corrected chi connectivity index (χ1v) is 0. The van der Waals surface area contributed by atoms with Crippen molar-refractivity contribution in [3.8, 4) is 0 Å². The molecule has 0 saturated heterocycles. The van der Waals surface area contributed by atoms with Gasteiger partial charge in [-0.25, -0.2) is 0 Å². The smallest absolute Gasteiger partial charge is 2.00 e. The van der Waals surface area contributed by atoms with Crippen molar-refractivity contribution in [2.45, 2.75) is 0 Å². The van der Waals surface area contributed by atoms with Crippen molar-refractivity contribution in [3.63, 3.8) is 0 Å². The second-order valence-electron chi connectivity index (χ2n) is 0. The van der Waals surface area contributed by atoms with E-state index in [1.54, 1.807) is 0 Å². The largest absolute Gasteiger partial charge is 3.00 e. The van der Waals surface area contributed by atoms with Crippen LogP contribution in [0.1, 0.15) is 0 Å². The molecule has 0 aromatic rings. The van der Waals surface area contributed by atoms with Crippen molar-refractivity contribution in [2.75, 3.05) is 0 Å². The zero-order chi connectivity index (χ0) is 0. The quantitative estimate of drug-likeness (QED) is 0.527. The first-order valence-electron chi connectivity index (χ1n) is 0. The Morgan fingerprint density at radius 2 is 0.600 bits per heavy atom. The molecule has 0 aromatic heterocycles. The summed E-state index contributed by atoms with van der Waals surface area (Å²) in [4.78, 5) is 0. The van der Waals surface area contributed by atoms with Gasteiger partial charge in [-0.3, -0.25) is 0 Å². The maximum atomic E-state index is 0. The zero-order valence-electron chi connectivity index (χ0n) is 2.06. The molecule has 0 aromatic carbocycles. The minimum atomic E-state index is 0. The Bertz CT molecular complexity index is 6.85. The molecule has 0 aliphatic heterocycles. The number of hydrogen-bond donors (Lipinski definition) is 0. The van der Waals surface area contributed by atoms with E-state index in [0.717, 1.165) is 0 Å². The first-order chi connectivity index (χ1) is 0. The summed E-state index contributed by atoms with van der Waals surface area (Å²) >= 11 is 0. The number of rotatable bonds is 0. The van der Waals surface area contributed by atoms with Gasteiger partial charge >= 0.3 is 56.7 Å². The van der Waals surface area contributed by atoms with Gasteiger partial charge < -0.3 is 16.4 Å². The van der Waals surface area contributed by atoms with E-state index in [1.807, 2.05) is 0 Å². The van der Waals surface area contributed by atoms with E-state index in [4.69, 9.17) is 0 Å². The summed E-state index contributed by atoms with van der Waals surface area (Å²) in [6.45, 7) is 0. The summed E-state index contributed by atoms with van der Waals surface area (Å²) in [5, 5.41) is 0. The summed E-state index contributed by atoms with van der Waals surface area (Å²) in [5.41, 5.74) is 0. The summed E-state index contributed by atoms with van der Waals surface area (Å²) in [6, 6.07) is 0. The summed E-state index contributed by atoms with van der Waals surface area (Å²) < 4.78 is 0. The molecule has 0 atom stereocenters. The second kappa shape index (κ2) is 42.4. The molecule has 0 heterocycles. The predicted molar refractivity (Wildman–Crippen MR) is 7.81 cm³/mol. The Kier molecular flexibility index (Phi) is 617. The predicted octanol–water partition coefficient (Wildman–Crippen LogP) is -0.737. The van der Waals surface area contributed by atoms with Gasteiger partial charge in [0.25, 0.3) is 0 Å². The van der Waals surface area contributed by atoms with Crippen LogP contribution in [-0.4, -0.2) is 19.8 Å². The fraction of sp³-hybridized carbons (Fsp3) is 0. The monoisotopic (exact) mass is 292 g/mol. The van der Waals surface area contributed by atoms with Gasteiger partial charge in [0.05, 0.1) is 0 Å². The molecule has 0 aliphatic carbocycles. The Labute approximate surface area is 72.3 Å². The third-order valence-electron chi connectivity index (χ3n) is 0. The zero-order valence-corrected chi connectivity index (χ0v) is 6.14. The Balaban J connectivity index is 0. The molecule has 0 unspecified atom stereocenters. The molecule has 0 saturated carbocycles. The molecule has 0 spiro atoms. The number of hydrogen-bond acceptors (Lipinski definition) is 0. The average Bonchev–Trinajstić information content (AvgIpc) is 0. The maximum Gasteiger partial charge on any atom is 3.00 e. The third-order valence-corrected chi connectivity index (χ3v) is 0. The molecular formula is GaLuO3. The third kappa shape index (κ3) is 26.4. The van der Waals surface area contributed by atoms with Crippen molar-refractivity contribution in [3.05, 3.63) is 0 Å². The van der Waals surface area contributed by atoms with Crippen molar-refractivity contribution in [1.82, 2.24) is 0 Å². The van der Waals surface area contributed by atoms with Gasteiger partial charge in [-0.1, -0.05) is 0 Å². The van der Waals surface area contributed by atoms with Crippen molar-refractivity contribution < 1.29 is 53.3 Å². The first kappa shape index (κ1) is 72.9. The van der Waals surface area contributed by atoms with E-state index in [1.165, 1.54) is 0 Å². The van der Waals surface area contributed by atoms with Crippen LogP contribution in [0, 0.1) is 36.9 Å². The minimum absolute atomic E-state index is 0. The van der Waals surface area contributed by atoms with E-state index < -0.39 is 0 Å². The van der Waals surface area contributed by atoms with E-state index >= 15 is 0 Å².